The summed E-state index contributed by atoms with van der Waals surface area (Å²) in [6.07, 6.45) is 5.72. The lowest BCUT2D eigenvalue weighted by Gasteiger charge is -2.43. The summed E-state index contributed by atoms with van der Waals surface area (Å²) in [4.78, 5) is 2.86. The Morgan fingerprint density at radius 1 is 1.16 bits per heavy atom. The van der Waals surface area contributed by atoms with Crippen LogP contribution < -0.4 is 0 Å². The summed E-state index contributed by atoms with van der Waals surface area (Å²) in [5.74, 6) is 2.74. The van der Waals surface area contributed by atoms with E-state index in [-0.39, 0.29) is 0 Å². The summed E-state index contributed by atoms with van der Waals surface area (Å²) in [5, 5.41) is 0. The molecule has 1 nitrogen and oxygen atoms in total. The molecule has 1 unspecified atom stereocenters. The summed E-state index contributed by atoms with van der Waals surface area (Å²) in [5.41, 5.74) is 2.99. The smallest absolute Gasteiger partial charge is 0.0161 e. The Bertz CT molecular complexity index is 463. The number of benzene rings is 1. The molecule has 3 aliphatic rings. The molecule has 1 aromatic carbocycles. The Morgan fingerprint density at radius 2 is 1.95 bits per heavy atom. The van der Waals surface area contributed by atoms with Crippen LogP contribution in [0.25, 0.3) is 0 Å². The minimum atomic E-state index is 0.819. The van der Waals surface area contributed by atoms with Crippen molar-refractivity contribution in [1.82, 2.24) is 4.90 Å². The molecule has 3 saturated heterocycles. The van der Waals surface area contributed by atoms with E-state index in [9.17, 15) is 0 Å². The van der Waals surface area contributed by atoms with Crippen LogP contribution in [0.15, 0.2) is 24.3 Å². The van der Waals surface area contributed by atoms with E-state index in [1.54, 1.807) is 5.56 Å². The van der Waals surface area contributed by atoms with Gasteiger partial charge in [0.1, 0.15) is 0 Å². The first-order chi connectivity index (χ1) is 9.28. The molecule has 0 radical (unpaired) electrons. The predicted octanol–water partition coefficient (Wildman–Crippen LogP) is 3.97. The molecular formula is C18H25N. The zero-order chi connectivity index (χ0) is 13.0. The molecule has 3 heterocycles. The van der Waals surface area contributed by atoms with E-state index < -0.39 is 0 Å². The molecule has 0 spiro atoms. The second kappa shape index (κ2) is 4.34. The van der Waals surface area contributed by atoms with E-state index in [1.807, 2.05) is 0 Å². The first kappa shape index (κ1) is 12.0. The monoisotopic (exact) mass is 255 g/mol. The van der Waals surface area contributed by atoms with Crippen LogP contribution in [0, 0.1) is 18.8 Å². The van der Waals surface area contributed by atoms with E-state index in [0.717, 1.165) is 29.8 Å². The minimum absolute atomic E-state index is 0.819. The summed E-state index contributed by atoms with van der Waals surface area (Å²) in [7, 11) is 0. The SMILES string of the molecule is CC[C@@H]1[C@H]2[C@@H]3CCN2[C@@H](C3)C[C@@H]1c1ccc(C)cc1. The van der Waals surface area contributed by atoms with Crippen LogP contribution in [0.2, 0.25) is 0 Å². The zero-order valence-corrected chi connectivity index (χ0v) is 12.2. The standard InChI is InChI=1S/C18H25N/c1-3-16-17(13-6-4-12(2)5-7-13)11-15-10-14-8-9-19(15)18(14)16/h4-7,14-18H,3,8-11H2,1-2H3/t14-,15+,16+,17-,18-/m1/s1. The molecule has 0 amide bonds. The fourth-order valence-electron chi connectivity index (χ4n) is 5.33. The Labute approximate surface area is 117 Å². The highest BCUT2D eigenvalue weighted by molar-refractivity contribution is 5.28. The summed E-state index contributed by atoms with van der Waals surface area (Å²) < 4.78 is 0. The van der Waals surface area contributed by atoms with Gasteiger partial charge in [0.15, 0.2) is 0 Å². The fraction of sp³-hybridized carbons (Fsp3) is 0.667. The second-order valence-electron chi connectivity index (χ2n) is 6.99. The minimum Gasteiger partial charge on any atom is -0.297 e. The van der Waals surface area contributed by atoms with Crippen LogP contribution >= 0.6 is 0 Å². The van der Waals surface area contributed by atoms with Crippen LogP contribution in [-0.4, -0.2) is 23.5 Å². The molecule has 0 saturated carbocycles. The van der Waals surface area contributed by atoms with E-state index in [1.165, 1.54) is 37.8 Å². The predicted molar refractivity (Wildman–Crippen MR) is 79.3 cm³/mol. The highest BCUT2D eigenvalue weighted by Gasteiger charge is 2.54. The van der Waals surface area contributed by atoms with Crippen molar-refractivity contribution in [2.75, 3.05) is 6.54 Å². The average Bonchev–Trinajstić information content (AvgIpc) is 2.94. The quantitative estimate of drug-likeness (QED) is 0.773. The van der Waals surface area contributed by atoms with Gasteiger partial charge in [-0.25, -0.2) is 0 Å². The lowest BCUT2D eigenvalue weighted by molar-refractivity contribution is 0.0925. The van der Waals surface area contributed by atoms with Gasteiger partial charge in [-0.05, 0) is 56.0 Å². The fourth-order valence-corrected chi connectivity index (χ4v) is 5.33. The maximum absolute atomic E-state index is 2.86. The van der Waals surface area contributed by atoms with Gasteiger partial charge in [-0.3, -0.25) is 4.90 Å². The number of piperidine rings is 2. The molecule has 6 atom stereocenters. The summed E-state index contributed by atoms with van der Waals surface area (Å²) >= 11 is 0. The number of hydrogen-bond acceptors (Lipinski definition) is 1. The van der Waals surface area contributed by atoms with Crippen molar-refractivity contribution < 1.29 is 0 Å². The van der Waals surface area contributed by atoms with Gasteiger partial charge >= 0.3 is 0 Å². The number of hydrogen-bond donors (Lipinski definition) is 0. The van der Waals surface area contributed by atoms with Gasteiger partial charge in [0.25, 0.3) is 0 Å². The van der Waals surface area contributed by atoms with Gasteiger partial charge in [0, 0.05) is 12.1 Å². The van der Waals surface area contributed by atoms with Crippen LogP contribution in [0.1, 0.15) is 49.7 Å². The highest BCUT2D eigenvalue weighted by Crippen LogP contribution is 2.54. The maximum Gasteiger partial charge on any atom is 0.0161 e. The molecular weight excluding hydrogens is 230 g/mol. The Kier molecular flexibility index (Phi) is 2.73. The van der Waals surface area contributed by atoms with E-state index in [4.69, 9.17) is 0 Å². The third kappa shape index (κ3) is 1.71. The first-order valence-corrected chi connectivity index (χ1v) is 8.10. The molecule has 1 heteroatoms. The normalized spacial score (nSPS) is 43.7. The number of rotatable bonds is 2. The van der Waals surface area contributed by atoms with E-state index in [2.05, 4.69) is 43.0 Å². The summed E-state index contributed by atoms with van der Waals surface area (Å²) in [6.45, 7) is 5.99. The second-order valence-corrected chi connectivity index (χ2v) is 6.99. The Balaban J connectivity index is 1.67. The van der Waals surface area contributed by atoms with Crippen LogP contribution in [0.3, 0.4) is 0 Å². The van der Waals surface area contributed by atoms with Crippen molar-refractivity contribution in [3.05, 3.63) is 35.4 Å². The van der Waals surface area contributed by atoms with Gasteiger partial charge in [-0.1, -0.05) is 43.2 Å². The topological polar surface area (TPSA) is 3.24 Å². The molecule has 3 fully saturated rings. The third-order valence-electron chi connectivity index (χ3n) is 6.13. The van der Waals surface area contributed by atoms with Gasteiger partial charge in [0.2, 0.25) is 0 Å². The molecule has 0 N–H and O–H groups in total. The maximum atomic E-state index is 2.86. The van der Waals surface area contributed by atoms with Gasteiger partial charge < -0.3 is 0 Å². The molecule has 102 valence electrons. The van der Waals surface area contributed by atoms with Gasteiger partial charge in [0.05, 0.1) is 0 Å². The van der Waals surface area contributed by atoms with Crippen molar-refractivity contribution in [3.8, 4) is 0 Å². The van der Waals surface area contributed by atoms with Crippen molar-refractivity contribution >= 4 is 0 Å². The highest BCUT2D eigenvalue weighted by atomic mass is 15.3. The lowest BCUT2D eigenvalue weighted by atomic mass is 9.74. The van der Waals surface area contributed by atoms with Crippen molar-refractivity contribution in [2.45, 2.75) is 57.5 Å². The molecule has 4 bridgehead atoms. The molecule has 3 aliphatic heterocycles. The zero-order valence-electron chi connectivity index (χ0n) is 12.2. The van der Waals surface area contributed by atoms with Crippen LogP contribution in [0.5, 0.6) is 0 Å². The molecule has 4 rings (SSSR count). The molecule has 0 aromatic heterocycles. The lowest BCUT2D eigenvalue weighted by Crippen LogP contribution is -2.46. The largest absolute Gasteiger partial charge is 0.297 e. The third-order valence-corrected chi connectivity index (χ3v) is 6.13. The first-order valence-electron chi connectivity index (χ1n) is 8.10. The molecule has 19 heavy (non-hydrogen) atoms. The van der Waals surface area contributed by atoms with Crippen molar-refractivity contribution in [1.29, 1.82) is 0 Å². The van der Waals surface area contributed by atoms with Gasteiger partial charge in [-0.2, -0.15) is 0 Å². The van der Waals surface area contributed by atoms with E-state index in [0.29, 0.717) is 0 Å². The van der Waals surface area contributed by atoms with Crippen molar-refractivity contribution in [3.63, 3.8) is 0 Å². The van der Waals surface area contributed by atoms with Crippen molar-refractivity contribution in [2.24, 2.45) is 11.8 Å². The number of nitrogens with zero attached hydrogens (tertiary/aromatic N) is 1. The Hall–Kier alpha value is -0.820. The van der Waals surface area contributed by atoms with E-state index >= 15 is 0 Å². The Morgan fingerprint density at radius 3 is 2.68 bits per heavy atom. The van der Waals surface area contributed by atoms with Crippen LogP contribution in [-0.2, 0) is 0 Å². The molecule has 0 aliphatic carbocycles. The summed E-state index contributed by atoms with van der Waals surface area (Å²) in [6, 6.07) is 11.2. The molecule has 1 aromatic rings. The van der Waals surface area contributed by atoms with Gasteiger partial charge in [-0.15, -0.1) is 0 Å². The number of aryl methyl sites for hydroxylation is 1. The average molecular weight is 255 g/mol. The van der Waals surface area contributed by atoms with Crippen LogP contribution in [0.4, 0.5) is 0 Å².